The topological polar surface area (TPSA) is 162 Å². The van der Waals surface area contributed by atoms with Crippen molar-refractivity contribution in [2.24, 2.45) is 22.2 Å². The van der Waals surface area contributed by atoms with Crippen LogP contribution in [0.15, 0.2) is 58.4 Å². The maximum absolute atomic E-state index is 15.4. The Labute approximate surface area is 257 Å². The van der Waals surface area contributed by atoms with Gasteiger partial charge in [0.05, 0.1) is 17.4 Å². The lowest BCUT2D eigenvalue weighted by atomic mass is 10.0. The third kappa shape index (κ3) is 9.05. The number of nitrogens with two attached hydrogens (primary N) is 3. The summed E-state index contributed by atoms with van der Waals surface area (Å²) in [6.07, 6.45) is -1.19. The van der Waals surface area contributed by atoms with Crippen LogP contribution in [0.1, 0.15) is 57.2 Å². The van der Waals surface area contributed by atoms with Gasteiger partial charge in [-0.15, -0.1) is 13.2 Å². The van der Waals surface area contributed by atoms with E-state index in [9.17, 15) is 18.0 Å². The van der Waals surface area contributed by atoms with Gasteiger partial charge in [-0.05, 0) is 94.5 Å². The van der Waals surface area contributed by atoms with Crippen molar-refractivity contribution in [3.05, 3.63) is 76.1 Å². The quantitative estimate of drug-likeness (QED) is 0.0806. The Bertz CT molecular complexity index is 1690. The molecule has 0 radical (unpaired) electrons. The molecule has 242 valence electrons. The fraction of sp³-hybridized carbons (Fsp3) is 0.387. The minimum Gasteiger partial charge on any atom is -0.403 e. The summed E-state index contributed by atoms with van der Waals surface area (Å²) in [5.41, 5.74) is 18.2. The SMILES string of the molecule is C[C@H](N)CCCc1cc(OC(F)(F)F)c(F)c(-c2cc3cn(-c4ccc([C@H](C)NCC[C@H](C)N=C(N)N)cc4)c(=O)nc3[nH]2)c1. The van der Waals surface area contributed by atoms with E-state index in [1.807, 2.05) is 32.9 Å². The summed E-state index contributed by atoms with van der Waals surface area (Å²) in [6, 6.07) is 11.3. The van der Waals surface area contributed by atoms with E-state index in [0.29, 0.717) is 42.4 Å². The molecule has 45 heavy (non-hydrogen) atoms. The molecule has 0 saturated heterocycles. The molecule has 2 heterocycles. The van der Waals surface area contributed by atoms with Crippen molar-refractivity contribution in [1.82, 2.24) is 19.9 Å². The highest BCUT2D eigenvalue weighted by Crippen LogP contribution is 2.35. The number of alkyl halides is 3. The average molecular weight is 631 g/mol. The highest BCUT2D eigenvalue weighted by molar-refractivity contribution is 5.83. The molecule has 4 aromatic rings. The molecule has 0 bridgehead atoms. The minimum absolute atomic E-state index is 0.0127. The first-order valence-corrected chi connectivity index (χ1v) is 14.6. The van der Waals surface area contributed by atoms with Gasteiger partial charge in [0.2, 0.25) is 0 Å². The van der Waals surface area contributed by atoms with Crippen molar-refractivity contribution < 1.29 is 22.3 Å². The van der Waals surface area contributed by atoms with Crippen LogP contribution >= 0.6 is 0 Å². The summed E-state index contributed by atoms with van der Waals surface area (Å²) in [5.74, 6) is -2.07. The first-order valence-electron chi connectivity index (χ1n) is 14.6. The number of nitrogens with zero attached hydrogens (tertiary/aromatic N) is 3. The van der Waals surface area contributed by atoms with Gasteiger partial charge in [-0.1, -0.05) is 12.1 Å². The number of ether oxygens (including phenoxy) is 1. The molecule has 0 aliphatic rings. The van der Waals surface area contributed by atoms with Gasteiger partial charge in [-0.2, -0.15) is 4.98 Å². The number of nitrogens with one attached hydrogen (secondary N) is 2. The molecular formula is C31H38F4N8O2. The fourth-order valence-electron chi connectivity index (χ4n) is 5.02. The van der Waals surface area contributed by atoms with Crippen molar-refractivity contribution in [3.8, 4) is 22.7 Å². The van der Waals surface area contributed by atoms with E-state index < -0.39 is 23.6 Å². The van der Waals surface area contributed by atoms with Gasteiger partial charge in [0, 0.05) is 29.2 Å². The maximum Gasteiger partial charge on any atom is 0.573 e. The van der Waals surface area contributed by atoms with Gasteiger partial charge in [0.15, 0.2) is 17.5 Å². The Morgan fingerprint density at radius 3 is 2.47 bits per heavy atom. The van der Waals surface area contributed by atoms with Crippen LogP contribution in [0.5, 0.6) is 5.75 Å². The third-order valence-electron chi connectivity index (χ3n) is 7.30. The summed E-state index contributed by atoms with van der Waals surface area (Å²) in [5, 5.41) is 3.87. The van der Waals surface area contributed by atoms with Gasteiger partial charge in [-0.3, -0.25) is 9.56 Å². The van der Waals surface area contributed by atoms with Crippen LogP contribution in [0.25, 0.3) is 28.0 Å². The largest absolute Gasteiger partial charge is 0.573 e. The Kier molecular flexibility index (Phi) is 10.5. The molecular weight excluding hydrogens is 592 g/mol. The van der Waals surface area contributed by atoms with Crippen LogP contribution in [0.3, 0.4) is 0 Å². The van der Waals surface area contributed by atoms with E-state index in [-0.39, 0.29) is 41.0 Å². The molecule has 4 rings (SSSR count). The molecule has 14 heteroatoms. The number of aromatic nitrogens is 3. The van der Waals surface area contributed by atoms with Gasteiger partial charge >= 0.3 is 12.1 Å². The van der Waals surface area contributed by atoms with Crippen molar-refractivity contribution in [1.29, 1.82) is 0 Å². The summed E-state index contributed by atoms with van der Waals surface area (Å²) in [6.45, 7) is 6.46. The lowest BCUT2D eigenvalue weighted by molar-refractivity contribution is -0.275. The zero-order valence-corrected chi connectivity index (χ0v) is 25.3. The van der Waals surface area contributed by atoms with E-state index in [0.717, 1.165) is 18.1 Å². The average Bonchev–Trinajstić information content (AvgIpc) is 3.35. The van der Waals surface area contributed by atoms with Crippen LogP contribution in [-0.2, 0) is 6.42 Å². The van der Waals surface area contributed by atoms with E-state index in [4.69, 9.17) is 17.2 Å². The van der Waals surface area contributed by atoms with Crippen LogP contribution < -0.4 is 32.9 Å². The number of H-pyrrole nitrogens is 1. The number of hydrogen-bond acceptors (Lipinski definition) is 6. The second-order valence-corrected chi connectivity index (χ2v) is 11.2. The van der Waals surface area contributed by atoms with E-state index in [2.05, 4.69) is 25.0 Å². The summed E-state index contributed by atoms with van der Waals surface area (Å²) in [4.78, 5) is 24.0. The summed E-state index contributed by atoms with van der Waals surface area (Å²) in [7, 11) is 0. The molecule has 2 aromatic heterocycles. The molecule has 0 unspecified atom stereocenters. The molecule has 0 spiro atoms. The molecule has 10 nitrogen and oxygen atoms in total. The number of rotatable bonds is 13. The zero-order chi connectivity index (χ0) is 32.9. The van der Waals surface area contributed by atoms with Crippen LogP contribution in [0, 0.1) is 5.82 Å². The highest BCUT2D eigenvalue weighted by Gasteiger charge is 2.33. The Morgan fingerprint density at radius 2 is 1.82 bits per heavy atom. The van der Waals surface area contributed by atoms with Crippen LogP contribution in [0.4, 0.5) is 17.6 Å². The lowest BCUT2D eigenvalue weighted by Gasteiger charge is -2.16. The van der Waals surface area contributed by atoms with Crippen molar-refractivity contribution in [2.45, 2.75) is 70.9 Å². The number of halogens is 4. The van der Waals surface area contributed by atoms with Gasteiger partial charge in [0.1, 0.15) is 5.65 Å². The number of aryl methyl sites for hydroxylation is 1. The Hall–Kier alpha value is -4.43. The van der Waals surface area contributed by atoms with E-state index in [1.165, 1.54) is 16.7 Å². The van der Waals surface area contributed by atoms with Crippen LogP contribution in [-0.4, -0.2) is 45.5 Å². The van der Waals surface area contributed by atoms with Crippen LogP contribution in [0.2, 0.25) is 0 Å². The summed E-state index contributed by atoms with van der Waals surface area (Å²) >= 11 is 0. The van der Waals surface area contributed by atoms with E-state index in [1.54, 1.807) is 18.3 Å². The molecule has 0 aliphatic heterocycles. The second-order valence-electron chi connectivity index (χ2n) is 11.2. The molecule has 8 N–H and O–H groups in total. The smallest absolute Gasteiger partial charge is 0.403 e. The normalized spacial score (nSPS) is 13.9. The van der Waals surface area contributed by atoms with Gasteiger partial charge < -0.3 is 32.2 Å². The van der Waals surface area contributed by atoms with Crippen molar-refractivity contribution in [2.75, 3.05) is 6.54 Å². The zero-order valence-electron chi connectivity index (χ0n) is 25.3. The lowest BCUT2D eigenvalue weighted by Crippen LogP contribution is -2.27. The second kappa shape index (κ2) is 14.1. The number of fused-ring (bicyclic) bond motifs is 1. The van der Waals surface area contributed by atoms with Gasteiger partial charge in [0.25, 0.3) is 0 Å². The number of hydrogen-bond donors (Lipinski definition) is 5. The first kappa shape index (κ1) is 33.5. The third-order valence-corrected chi connectivity index (χ3v) is 7.30. The Morgan fingerprint density at radius 1 is 1.11 bits per heavy atom. The molecule has 0 fully saturated rings. The predicted molar refractivity (Wildman–Crippen MR) is 167 cm³/mol. The number of aliphatic imine (C=N–C) groups is 1. The van der Waals surface area contributed by atoms with Crippen molar-refractivity contribution in [3.63, 3.8) is 0 Å². The standard InChI is InChI=1S/C31H38F4N8O2/c1-17(36)5-4-6-20-13-24(27(32)26(14-20)45-31(33,34)35)25-15-22-16-43(30(44)42-28(22)41-25)23-9-7-21(8-10-23)19(3)39-12-11-18(2)40-29(37)38/h7-10,13-19,39H,4-6,11-12,36H2,1-3H3,(H4,37,38,40)(H,41,42,44)/t17-,18-,19-/m0/s1. The number of benzene rings is 2. The van der Waals surface area contributed by atoms with E-state index >= 15 is 4.39 Å². The molecule has 0 amide bonds. The molecule has 0 saturated carbocycles. The molecule has 3 atom stereocenters. The monoisotopic (exact) mass is 630 g/mol. The first-order chi connectivity index (χ1) is 21.2. The summed E-state index contributed by atoms with van der Waals surface area (Å²) < 4.78 is 59.9. The molecule has 2 aromatic carbocycles. The molecule has 0 aliphatic carbocycles. The minimum atomic E-state index is -5.08. The predicted octanol–water partition coefficient (Wildman–Crippen LogP) is 4.79. The van der Waals surface area contributed by atoms with Gasteiger partial charge in [-0.25, -0.2) is 9.18 Å². The van der Waals surface area contributed by atoms with Crippen molar-refractivity contribution >= 4 is 17.0 Å². The number of guanidine groups is 1. The Balaban J connectivity index is 1.59. The number of aromatic amines is 1. The highest BCUT2D eigenvalue weighted by atomic mass is 19.4. The maximum atomic E-state index is 15.4. The fourth-order valence-corrected chi connectivity index (χ4v) is 5.02.